The molecule has 0 radical (unpaired) electrons. The molecule has 2 aromatic rings. The van der Waals surface area contributed by atoms with Gasteiger partial charge in [-0.25, -0.2) is 4.98 Å². The van der Waals surface area contributed by atoms with Crippen LogP contribution in [0, 0.1) is 6.92 Å². The normalized spacial score (nSPS) is 10.0. The zero-order chi connectivity index (χ0) is 17.0. The minimum Gasteiger partial charge on any atom is -0.437 e. The zero-order valence-electron chi connectivity index (χ0n) is 12.9. The standard InChI is InChI=1S/C17H17N3O3/c1-4-16(22)20-15-6-5-12(8-13(15)11(3)21)23-17-14(18)7-10(2)9-19-17/h4-9H,1,18H2,2-3H3,(H,20,22). The highest BCUT2D eigenvalue weighted by molar-refractivity contribution is 6.06. The van der Waals surface area contributed by atoms with Crippen LogP contribution in [-0.4, -0.2) is 16.7 Å². The molecule has 0 atom stereocenters. The third kappa shape index (κ3) is 3.94. The SMILES string of the molecule is C=CC(=O)Nc1ccc(Oc2ncc(C)cc2N)cc1C(C)=O. The van der Waals surface area contributed by atoms with Crippen molar-refractivity contribution < 1.29 is 14.3 Å². The summed E-state index contributed by atoms with van der Waals surface area (Å²) in [6.45, 7) is 6.65. The van der Waals surface area contributed by atoms with Gasteiger partial charge in [0.15, 0.2) is 5.78 Å². The van der Waals surface area contributed by atoms with Crippen molar-refractivity contribution in [2.45, 2.75) is 13.8 Å². The number of aryl methyl sites for hydroxylation is 1. The molecule has 1 aromatic carbocycles. The fourth-order valence-corrected chi connectivity index (χ4v) is 1.95. The van der Waals surface area contributed by atoms with E-state index in [0.717, 1.165) is 11.6 Å². The smallest absolute Gasteiger partial charge is 0.247 e. The molecule has 6 nitrogen and oxygen atoms in total. The van der Waals surface area contributed by atoms with Crippen LogP contribution in [0.3, 0.4) is 0 Å². The molecule has 3 N–H and O–H groups in total. The number of aromatic nitrogens is 1. The van der Waals surface area contributed by atoms with Gasteiger partial charge in [-0.05, 0) is 49.8 Å². The predicted octanol–water partition coefficient (Wildman–Crippen LogP) is 3.09. The first kappa shape index (κ1) is 16.2. The summed E-state index contributed by atoms with van der Waals surface area (Å²) in [5.74, 6) is 0.0492. The molecule has 0 spiro atoms. The van der Waals surface area contributed by atoms with E-state index in [2.05, 4.69) is 16.9 Å². The van der Waals surface area contributed by atoms with Gasteiger partial charge in [0, 0.05) is 11.8 Å². The lowest BCUT2D eigenvalue weighted by molar-refractivity contribution is -0.111. The molecule has 23 heavy (non-hydrogen) atoms. The van der Waals surface area contributed by atoms with E-state index in [1.54, 1.807) is 24.4 Å². The van der Waals surface area contributed by atoms with Gasteiger partial charge >= 0.3 is 0 Å². The highest BCUT2D eigenvalue weighted by atomic mass is 16.5. The Morgan fingerprint density at radius 3 is 2.70 bits per heavy atom. The van der Waals surface area contributed by atoms with Crippen LogP contribution in [0.2, 0.25) is 0 Å². The second-order valence-electron chi connectivity index (χ2n) is 4.97. The van der Waals surface area contributed by atoms with E-state index in [-0.39, 0.29) is 11.7 Å². The average Bonchev–Trinajstić information content (AvgIpc) is 2.51. The zero-order valence-corrected chi connectivity index (χ0v) is 12.9. The summed E-state index contributed by atoms with van der Waals surface area (Å²) in [7, 11) is 0. The molecule has 0 aliphatic heterocycles. The number of pyridine rings is 1. The van der Waals surface area contributed by atoms with Gasteiger partial charge in [0.1, 0.15) is 5.75 Å². The molecule has 0 fully saturated rings. The predicted molar refractivity (Wildman–Crippen MR) is 88.7 cm³/mol. The number of nitrogens with one attached hydrogen (secondary N) is 1. The lowest BCUT2D eigenvalue weighted by Crippen LogP contribution is -2.11. The fourth-order valence-electron chi connectivity index (χ4n) is 1.95. The van der Waals surface area contributed by atoms with Gasteiger partial charge in [-0.3, -0.25) is 9.59 Å². The number of nitrogens with two attached hydrogens (primary N) is 1. The van der Waals surface area contributed by atoms with Crippen LogP contribution in [0.25, 0.3) is 0 Å². The van der Waals surface area contributed by atoms with Crippen molar-refractivity contribution in [3.05, 3.63) is 54.2 Å². The molecule has 0 aliphatic rings. The molecule has 2 rings (SSSR count). The first-order chi connectivity index (χ1) is 10.9. The lowest BCUT2D eigenvalue weighted by Gasteiger charge is -2.12. The summed E-state index contributed by atoms with van der Waals surface area (Å²) in [6, 6.07) is 6.47. The Bertz CT molecular complexity index is 785. The van der Waals surface area contributed by atoms with E-state index in [9.17, 15) is 9.59 Å². The average molecular weight is 311 g/mol. The first-order valence-electron chi connectivity index (χ1n) is 6.89. The van der Waals surface area contributed by atoms with Crippen molar-refractivity contribution >= 4 is 23.1 Å². The lowest BCUT2D eigenvalue weighted by atomic mass is 10.1. The van der Waals surface area contributed by atoms with Gasteiger partial charge in [-0.15, -0.1) is 0 Å². The molecule has 0 saturated carbocycles. The van der Waals surface area contributed by atoms with Crippen LogP contribution in [0.15, 0.2) is 43.1 Å². The Morgan fingerprint density at radius 2 is 2.09 bits per heavy atom. The number of hydrogen-bond acceptors (Lipinski definition) is 5. The number of nitrogens with zero attached hydrogens (tertiary/aromatic N) is 1. The largest absolute Gasteiger partial charge is 0.437 e. The van der Waals surface area contributed by atoms with Gasteiger partial charge in [0.25, 0.3) is 0 Å². The van der Waals surface area contributed by atoms with Crippen LogP contribution in [0.1, 0.15) is 22.8 Å². The van der Waals surface area contributed by atoms with Gasteiger partial charge in [-0.1, -0.05) is 6.58 Å². The number of anilines is 2. The number of carbonyl (C=O) groups excluding carboxylic acids is 2. The molecule has 0 bridgehead atoms. The van der Waals surface area contributed by atoms with Crippen molar-refractivity contribution in [3.63, 3.8) is 0 Å². The topological polar surface area (TPSA) is 94.3 Å². The molecule has 118 valence electrons. The summed E-state index contributed by atoms with van der Waals surface area (Å²) in [5.41, 5.74) is 7.89. The number of rotatable bonds is 5. The molecular formula is C17H17N3O3. The number of amides is 1. The van der Waals surface area contributed by atoms with Gasteiger partial charge in [-0.2, -0.15) is 0 Å². The van der Waals surface area contributed by atoms with Crippen molar-refractivity contribution in [2.24, 2.45) is 0 Å². The Balaban J connectivity index is 2.33. The molecule has 0 saturated heterocycles. The maximum Gasteiger partial charge on any atom is 0.247 e. The number of ketones is 1. The van der Waals surface area contributed by atoms with E-state index in [4.69, 9.17) is 10.5 Å². The molecule has 1 heterocycles. The van der Waals surface area contributed by atoms with Gasteiger partial charge < -0.3 is 15.8 Å². The Hall–Kier alpha value is -3.15. The molecule has 1 amide bonds. The van der Waals surface area contributed by atoms with Crippen molar-refractivity contribution in [3.8, 4) is 11.6 Å². The van der Waals surface area contributed by atoms with E-state index >= 15 is 0 Å². The minimum atomic E-state index is -0.398. The van der Waals surface area contributed by atoms with Crippen LogP contribution in [0.4, 0.5) is 11.4 Å². The maximum atomic E-state index is 11.8. The Morgan fingerprint density at radius 1 is 1.35 bits per heavy atom. The summed E-state index contributed by atoms with van der Waals surface area (Å²) in [4.78, 5) is 27.3. The number of benzene rings is 1. The molecule has 6 heteroatoms. The molecule has 0 unspecified atom stereocenters. The third-order valence-electron chi connectivity index (χ3n) is 3.04. The van der Waals surface area contributed by atoms with Crippen LogP contribution in [-0.2, 0) is 4.79 Å². The Labute approximate surface area is 134 Å². The van der Waals surface area contributed by atoms with E-state index in [1.807, 2.05) is 6.92 Å². The van der Waals surface area contributed by atoms with E-state index < -0.39 is 5.91 Å². The van der Waals surface area contributed by atoms with Crippen LogP contribution < -0.4 is 15.8 Å². The summed E-state index contributed by atoms with van der Waals surface area (Å²) < 4.78 is 5.62. The fraction of sp³-hybridized carbons (Fsp3) is 0.118. The monoisotopic (exact) mass is 311 g/mol. The van der Waals surface area contributed by atoms with Crippen molar-refractivity contribution in [2.75, 3.05) is 11.1 Å². The molecule has 0 aliphatic carbocycles. The second kappa shape index (κ2) is 6.74. The van der Waals surface area contributed by atoms with Crippen LogP contribution in [0.5, 0.6) is 11.6 Å². The van der Waals surface area contributed by atoms with E-state index in [0.29, 0.717) is 22.7 Å². The summed E-state index contributed by atoms with van der Waals surface area (Å²) in [5, 5.41) is 2.58. The molecule has 1 aromatic heterocycles. The summed E-state index contributed by atoms with van der Waals surface area (Å²) >= 11 is 0. The van der Waals surface area contributed by atoms with Crippen LogP contribution >= 0.6 is 0 Å². The second-order valence-corrected chi connectivity index (χ2v) is 4.97. The minimum absolute atomic E-state index is 0.209. The van der Waals surface area contributed by atoms with Gasteiger partial charge in [0.05, 0.1) is 11.4 Å². The Kier molecular flexibility index (Phi) is 4.75. The van der Waals surface area contributed by atoms with Crippen molar-refractivity contribution in [1.29, 1.82) is 0 Å². The number of Topliss-reactive ketones (excluding diaryl/α,β-unsaturated/α-hetero) is 1. The van der Waals surface area contributed by atoms with E-state index in [1.165, 1.54) is 13.0 Å². The summed E-state index contributed by atoms with van der Waals surface area (Å²) in [6.07, 6.45) is 2.77. The van der Waals surface area contributed by atoms with Gasteiger partial charge in [0.2, 0.25) is 11.8 Å². The first-order valence-corrected chi connectivity index (χ1v) is 6.89. The number of carbonyl (C=O) groups is 2. The third-order valence-corrected chi connectivity index (χ3v) is 3.04. The molecular weight excluding hydrogens is 294 g/mol. The number of nitrogen functional groups attached to an aromatic ring is 1. The number of hydrogen-bond donors (Lipinski definition) is 2. The quantitative estimate of drug-likeness (QED) is 0.653. The highest BCUT2D eigenvalue weighted by Crippen LogP contribution is 2.29. The highest BCUT2D eigenvalue weighted by Gasteiger charge is 2.12. The van der Waals surface area contributed by atoms with Crippen molar-refractivity contribution in [1.82, 2.24) is 4.98 Å². The number of ether oxygens (including phenoxy) is 1. The maximum absolute atomic E-state index is 11.8.